The second-order valence-electron chi connectivity index (χ2n) is 6.18. The molecule has 0 spiro atoms. The number of carbonyl (C=O) groups is 1. The number of benzene rings is 1. The minimum absolute atomic E-state index is 0.00796. The quantitative estimate of drug-likeness (QED) is 0.845. The standard InChI is InChI=1S/C18H20FN3O4/c1-25-10-12-6-7-22(9-12)18(24)15-8-20-16(21-17(15)23)11-26-14-4-2-13(19)3-5-14/h2-5,8,12H,6-7,9-11H2,1H3,(H,20,21,23)/t12-/m1/s1. The van der Waals surface area contributed by atoms with Crippen molar-refractivity contribution in [3.63, 3.8) is 0 Å². The van der Waals surface area contributed by atoms with Gasteiger partial charge in [-0.1, -0.05) is 0 Å². The fraction of sp³-hybridized carbons (Fsp3) is 0.389. The Morgan fingerprint density at radius 1 is 1.38 bits per heavy atom. The molecule has 1 saturated heterocycles. The van der Waals surface area contributed by atoms with E-state index in [2.05, 4.69) is 9.97 Å². The Balaban J connectivity index is 1.63. The molecule has 1 N–H and O–H groups in total. The summed E-state index contributed by atoms with van der Waals surface area (Å²) in [6, 6.07) is 5.52. The van der Waals surface area contributed by atoms with Crippen molar-refractivity contribution < 1.29 is 18.7 Å². The van der Waals surface area contributed by atoms with Crippen LogP contribution in [0.2, 0.25) is 0 Å². The molecule has 1 amide bonds. The first-order chi connectivity index (χ1) is 12.6. The number of nitrogens with zero attached hydrogens (tertiary/aromatic N) is 2. The number of ether oxygens (including phenoxy) is 2. The molecule has 1 fully saturated rings. The number of H-pyrrole nitrogens is 1. The predicted octanol–water partition coefficient (Wildman–Crippen LogP) is 1.60. The molecule has 0 saturated carbocycles. The summed E-state index contributed by atoms with van der Waals surface area (Å²) < 4.78 is 23.4. The van der Waals surface area contributed by atoms with E-state index in [0.717, 1.165) is 6.42 Å². The summed E-state index contributed by atoms with van der Waals surface area (Å²) in [5, 5.41) is 0. The summed E-state index contributed by atoms with van der Waals surface area (Å²) in [7, 11) is 1.63. The highest BCUT2D eigenvalue weighted by atomic mass is 19.1. The van der Waals surface area contributed by atoms with Crippen LogP contribution in [-0.2, 0) is 11.3 Å². The fourth-order valence-electron chi connectivity index (χ4n) is 2.90. The predicted molar refractivity (Wildman–Crippen MR) is 91.5 cm³/mol. The molecule has 1 aliphatic rings. The van der Waals surface area contributed by atoms with Crippen molar-refractivity contribution in [3.8, 4) is 5.75 Å². The number of aromatic nitrogens is 2. The number of rotatable bonds is 6. The Labute approximate surface area is 149 Å². The number of aromatic amines is 1. The van der Waals surface area contributed by atoms with Crippen LogP contribution in [0.1, 0.15) is 22.6 Å². The van der Waals surface area contributed by atoms with Crippen LogP contribution in [0.15, 0.2) is 35.3 Å². The molecular formula is C18H20FN3O4. The summed E-state index contributed by atoms with van der Waals surface area (Å²) >= 11 is 0. The van der Waals surface area contributed by atoms with Crippen LogP contribution in [0.5, 0.6) is 5.75 Å². The van der Waals surface area contributed by atoms with Gasteiger partial charge in [-0.05, 0) is 30.7 Å². The van der Waals surface area contributed by atoms with Gasteiger partial charge in [0.15, 0.2) is 0 Å². The summed E-state index contributed by atoms with van der Waals surface area (Å²) in [6.07, 6.45) is 2.13. The van der Waals surface area contributed by atoms with E-state index >= 15 is 0 Å². The van der Waals surface area contributed by atoms with Crippen molar-refractivity contribution in [3.05, 3.63) is 58.0 Å². The minimum Gasteiger partial charge on any atom is -0.486 e. The number of halogens is 1. The first-order valence-electron chi connectivity index (χ1n) is 8.31. The van der Waals surface area contributed by atoms with Gasteiger partial charge in [-0.2, -0.15) is 0 Å². The van der Waals surface area contributed by atoms with Crippen molar-refractivity contribution >= 4 is 5.91 Å². The maximum atomic E-state index is 12.9. The number of methoxy groups -OCH3 is 1. The van der Waals surface area contributed by atoms with E-state index in [1.165, 1.54) is 30.5 Å². The van der Waals surface area contributed by atoms with Gasteiger partial charge in [-0.3, -0.25) is 9.59 Å². The maximum Gasteiger partial charge on any atom is 0.263 e. The van der Waals surface area contributed by atoms with E-state index in [9.17, 15) is 14.0 Å². The molecule has 1 aliphatic heterocycles. The lowest BCUT2D eigenvalue weighted by atomic mass is 10.1. The van der Waals surface area contributed by atoms with Crippen LogP contribution in [0.3, 0.4) is 0 Å². The van der Waals surface area contributed by atoms with Crippen molar-refractivity contribution in [1.82, 2.24) is 14.9 Å². The largest absolute Gasteiger partial charge is 0.486 e. The van der Waals surface area contributed by atoms with Gasteiger partial charge < -0.3 is 19.4 Å². The van der Waals surface area contributed by atoms with E-state index in [0.29, 0.717) is 31.4 Å². The fourth-order valence-corrected chi connectivity index (χ4v) is 2.90. The molecule has 2 heterocycles. The third kappa shape index (κ3) is 4.26. The van der Waals surface area contributed by atoms with Crippen LogP contribution in [0.4, 0.5) is 4.39 Å². The number of likely N-dealkylation sites (tertiary alicyclic amines) is 1. The van der Waals surface area contributed by atoms with Gasteiger partial charge in [-0.15, -0.1) is 0 Å². The second-order valence-corrected chi connectivity index (χ2v) is 6.18. The lowest BCUT2D eigenvalue weighted by Crippen LogP contribution is -2.34. The van der Waals surface area contributed by atoms with Gasteiger partial charge in [0.2, 0.25) is 0 Å². The van der Waals surface area contributed by atoms with Crippen LogP contribution in [0.25, 0.3) is 0 Å². The zero-order valence-corrected chi connectivity index (χ0v) is 14.4. The normalized spacial score (nSPS) is 16.7. The minimum atomic E-state index is -0.502. The molecule has 0 bridgehead atoms. The van der Waals surface area contributed by atoms with Crippen LogP contribution in [-0.4, -0.2) is 47.6 Å². The molecule has 3 rings (SSSR count). The Bertz CT molecular complexity index is 822. The molecule has 1 aromatic heterocycles. The molecule has 7 nitrogen and oxygen atoms in total. The topological polar surface area (TPSA) is 84.5 Å². The van der Waals surface area contributed by atoms with Crippen LogP contribution < -0.4 is 10.3 Å². The van der Waals surface area contributed by atoms with Gasteiger partial charge in [0.25, 0.3) is 11.5 Å². The van der Waals surface area contributed by atoms with E-state index in [4.69, 9.17) is 9.47 Å². The van der Waals surface area contributed by atoms with Gasteiger partial charge >= 0.3 is 0 Å². The van der Waals surface area contributed by atoms with E-state index in [1.54, 1.807) is 12.0 Å². The smallest absolute Gasteiger partial charge is 0.263 e. The van der Waals surface area contributed by atoms with Crippen molar-refractivity contribution in [1.29, 1.82) is 0 Å². The first-order valence-corrected chi connectivity index (χ1v) is 8.31. The van der Waals surface area contributed by atoms with Gasteiger partial charge in [0, 0.05) is 32.3 Å². The zero-order valence-electron chi connectivity index (χ0n) is 14.4. The van der Waals surface area contributed by atoms with Crippen molar-refractivity contribution in [2.45, 2.75) is 13.0 Å². The van der Waals surface area contributed by atoms with Crippen molar-refractivity contribution in [2.24, 2.45) is 5.92 Å². The van der Waals surface area contributed by atoms with Crippen LogP contribution >= 0.6 is 0 Å². The summed E-state index contributed by atoms with van der Waals surface area (Å²) in [5.41, 5.74) is -0.494. The molecular weight excluding hydrogens is 341 g/mol. The zero-order chi connectivity index (χ0) is 18.5. The van der Waals surface area contributed by atoms with Gasteiger partial charge in [0.1, 0.15) is 29.6 Å². The average Bonchev–Trinajstić information content (AvgIpc) is 3.10. The molecule has 0 aliphatic carbocycles. The Morgan fingerprint density at radius 3 is 2.85 bits per heavy atom. The Kier molecular flexibility index (Phi) is 5.62. The Hall–Kier alpha value is -2.74. The highest BCUT2D eigenvalue weighted by molar-refractivity contribution is 5.93. The SMILES string of the molecule is COC[C@@H]1CCN(C(=O)c2cnc(COc3ccc(F)cc3)[nH]c2=O)C1. The highest BCUT2D eigenvalue weighted by Crippen LogP contribution is 2.18. The van der Waals surface area contributed by atoms with Gasteiger partial charge in [-0.25, -0.2) is 9.37 Å². The lowest BCUT2D eigenvalue weighted by Gasteiger charge is -2.16. The summed E-state index contributed by atoms with van der Waals surface area (Å²) in [5.74, 6) is 0.342. The van der Waals surface area contributed by atoms with Gasteiger partial charge in [0.05, 0.1) is 6.61 Å². The molecule has 0 unspecified atom stereocenters. The average molecular weight is 361 g/mol. The van der Waals surface area contributed by atoms with E-state index < -0.39 is 5.56 Å². The number of amides is 1. The number of hydrogen-bond acceptors (Lipinski definition) is 5. The molecule has 26 heavy (non-hydrogen) atoms. The summed E-state index contributed by atoms with van der Waals surface area (Å²) in [4.78, 5) is 33.0. The Morgan fingerprint density at radius 2 is 2.15 bits per heavy atom. The number of carbonyl (C=O) groups excluding carboxylic acids is 1. The third-order valence-corrected chi connectivity index (χ3v) is 4.25. The molecule has 2 aromatic rings. The van der Waals surface area contributed by atoms with Crippen molar-refractivity contribution in [2.75, 3.05) is 26.8 Å². The maximum absolute atomic E-state index is 12.9. The molecule has 1 aromatic carbocycles. The lowest BCUT2D eigenvalue weighted by molar-refractivity contribution is 0.0773. The van der Waals surface area contributed by atoms with E-state index in [-0.39, 0.29) is 29.7 Å². The molecule has 0 radical (unpaired) electrons. The number of nitrogens with one attached hydrogen (secondary N) is 1. The first kappa shape index (κ1) is 18.1. The summed E-state index contributed by atoms with van der Waals surface area (Å²) in [6.45, 7) is 1.77. The van der Waals surface area contributed by atoms with E-state index in [1.807, 2.05) is 0 Å². The molecule has 138 valence electrons. The highest BCUT2D eigenvalue weighted by Gasteiger charge is 2.28. The molecule has 1 atom stereocenters. The van der Waals surface area contributed by atoms with Crippen LogP contribution in [0, 0.1) is 11.7 Å². The second kappa shape index (κ2) is 8.09. The third-order valence-electron chi connectivity index (χ3n) is 4.25. The number of hydrogen-bond donors (Lipinski definition) is 1. The monoisotopic (exact) mass is 361 g/mol. The molecule has 8 heteroatoms.